The molecule has 3 N–H and O–H groups in total. The Morgan fingerprint density at radius 1 is 1.50 bits per heavy atom. The maximum absolute atomic E-state index is 11.9. The number of anilines is 1. The van der Waals surface area contributed by atoms with Crippen LogP contribution in [-0.2, 0) is 4.79 Å². The van der Waals surface area contributed by atoms with Crippen LogP contribution in [0.5, 0.6) is 0 Å². The lowest BCUT2D eigenvalue weighted by atomic mass is 9.90. The van der Waals surface area contributed by atoms with Crippen LogP contribution in [-0.4, -0.2) is 25.0 Å². The molecule has 1 aromatic carbocycles. The molecule has 0 bridgehead atoms. The molecule has 3 atom stereocenters. The second-order valence-corrected chi connectivity index (χ2v) is 6.66. The van der Waals surface area contributed by atoms with E-state index in [9.17, 15) is 4.79 Å². The average Bonchev–Trinajstić information content (AvgIpc) is 2.81. The van der Waals surface area contributed by atoms with Gasteiger partial charge in [0.25, 0.3) is 0 Å². The number of hydrogen-bond acceptors (Lipinski definition) is 3. The molecule has 4 nitrogen and oxygen atoms in total. The fraction of sp³-hybridized carbons (Fsp3) is 0.533. The maximum atomic E-state index is 11.9. The molecule has 1 aromatic rings. The Morgan fingerprint density at radius 2 is 2.30 bits per heavy atom. The first kappa shape index (κ1) is 13.9. The van der Waals surface area contributed by atoms with Gasteiger partial charge in [0, 0.05) is 29.3 Å². The predicted octanol–water partition coefficient (Wildman–Crippen LogP) is 2.18. The second kappa shape index (κ2) is 5.37. The van der Waals surface area contributed by atoms with E-state index in [0.29, 0.717) is 0 Å². The molecule has 0 aromatic heterocycles. The van der Waals surface area contributed by atoms with Gasteiger partial charge in [-0.05, 0) is 43.5 Å². The summed E-state index contributed by atoms with van der Waals surface area (Å²) < 4.78 is 1.04. The summed E-state index contributed by atoms with van der Waals surface area (Å²) in [5, 5.41) is 3.00. The molecule has 5 heteroatoms. The molecule has 1 amide bonds. The summed E-state index contributed by atoms with van der Waals surface area (Å²) in [5.41, 5.74) is 8.44. The molecule has 0 aliphatic carbocycles. The molecule has 3 unspecified atom stereocenters. The highest BCUT2D eigenvalue weighted by atomic mass is 79.9. The summed E-state index contributed by atoms with van der Waals surface area (Å²) in [5.74, 6) is 0.340. The smallest absolute Gasteiger partial charge is 0.225 e. The number of fused-ring (bicyclic) bond motifs is 1. The van der Waals surface area contributed by atoms with Gasteiger partial charge >= 0.3 is 0 Å². The van der Waals surface area contributed by atoms with Gasteiger partial charge in [0.05, 0.1) is 12.0 Å². The number of carbonyl (C=O) groups excluding carboxylic acids is 1. The Labute approximate surface area is 127 Å². The zero-order chi connectivity index (χ0) is 14.3. The molecule has 108 valence electrons. The molecule has 2 heterocycles. The average molecular weight is 338 g/mol. The lowest BCUT2D eigenvalue weighted by Crippen LogP contribution is -2.46. The van der Waals surface area contributed by atoms with Crippen molar-refractivity contribution in [3.05, 3.63) is 28.2 Å². The van der Waals surface area contributed by atoms with Gasteiger partial charge in [0.15, 0.2) is 0 Å². The Hall–Kier alpha value is -1.07. The summed E-state index contributed by atoms with van der Waals surface area (Å²) in [6, 6.07) is 6.51. The highest BCUT2D eigenvalue weighted by Gasteiger charge is 2.41. The number of carbonyl (C=O) groups is 1. The van der Waals surface area contributed by atoms with Crippen molar-refractivity contribution in [1.82, 2.24) is 5.32 Å². The lowest BCUT2D eigenvalue weighted by molar-refractivity contribution is -0.122. The predicted molar refractivity (Wildman–Crippen MR) is 83.6 cm³/mol. The van der Waals surface area contributed by atoms with E-state index in [2.05, 4.69) is 44.3 Å². The van der Waals surface area contributed by atoms with Crippen LogP contribution in [0.15, 0.2) is 22.7 Å². The minimum atomic E-state index is -0.0204. The molecule has 3 rings (SSSR count). The summed E-state index contributed by atoms with van der Waals surface area (Å²) in [6.07, 6.45) is 2.06. The van der Waals surface area contributed by atoms with Crippen LogP contribution >= 0.6 is 15.9 Å². The van der Waals surface area contributed by atoms with E-state index in [4.69, 9.17) is 5.73 Å². The normalized spacial score (nSPS) is 27.1. The fourth-order valence-electron chi connectivity index (χ4n) is 3.40. The standard InChI is InChI=1S/C15H20BrN3O/c1-9(17)12-7-10(16)4-5-13(12)19-6-2-3-11-14(19)8-18-15(11)20/h4-5,7,9,11,14H,2-3,6,8,17H2,1H3,(H,18,20). The number of halogens is 1. The van der Waals surface area contributed by atoms with E-state index < -0.39 is 0 Å². The lowest BCUT2D eigenvalue weighted by Gasteiger charge is -2.39. The molecular weight excluding hydrogens is 318 g/mol. The highest BCUT2D eigenvalue weighted by molar-refractivity contribution is 9.10. The highest BCUT2D eigenvalue weighted by Crippen LogP contribution is 2.36. The Balaban J connectivity index is 1.98. The molecular formula is C15H20BrN3O. The van der Waals surface area contributed by atoms with Crippen LogP contribution < -0.4 is 16.0 Å². The Morgan fingerprint density at radius 3 is 3.05 bits per heavy atom. The first-order valence-corrected chi connectivity index (χ1v) is 7.96. The molecule has 2 saturated heterocycles. The van der Waals surface area contributed by atoms with E-state index in [-0.39, 0.29) is 23.9 Å². The number of benzene rings is 1. The van der Waals surface area contributed by atoms with E-state index >= 15 is 0 Å². The number of hydrogen-bond donors (Lipinski definition) is 2. The Bertz CT molecular complexity index is 532. The van der Waals surface area contributed by atoms with Crippen LogP contribution in [0.3, 0.4) is 0 Å². The van der Waals surface area contributed by atoms with Gasteiger partial charge in [0.2, 0.25) is 5.91 Å². The molecule has 0 radical (unpaired) electrons. The minimum absolute atomic E-state index is 0.0204. The quantitative estimate of drug-likeness (QED) is 0.869. The van der Waals surface area contributed by atoms with Gasteiger partial charge in [-0.1, -0.05) is 15.9 Å². The van der Waals surface area contributed by atoms with Crippen molar-refractivity contribution in [2.75, 3.05) is 18.0 Å². The minimum Gasteiger partial charge on any atom is -0.366 e. The van der Waals surface area contributed by atoms with E-state index in [1.807, 2.05) is 6.92 Å². The molecule has 2 aliphatic heterocycles. The van der Waals surface area contributed by atoms with Crippen molar-refractivity contribution in [3.8, 4) is 0 Å². The van der Waals surface area contributed by atoms with Crippen LogP contribution in [0.4, 0.5) is 5.69 Å². The number of piperidine rings is 1. The van der Waals surface area contributed by atoms with Crippen LogP contribution in [0, 0.1) is 5.92 Å². The SMILES string of the molecule is CC(N)c1cc(Br)ccc1N1CCCC2C(=O)NCC21. The van der Waals surface area contributed by atoms with Gasteiger partial charge in [-0.3, -0.25) is 4.79 Å². The van der Waals surface area contributed by atoms with Crippen molar-refractivity contribution < 1.29 is 4.79 Å². The third-order valence-corrected chi connectivity index (χ3v) is 4.88. The summed E-state index contributed by atoms with van der Waals surface area (Å²) >= 11 is 3.51. The first-order valence-electron chi connectivity index (χ1n) is 7.17. The van der Waals surface area contributed by atoms with E-state index in [0.717, 1.165) is 36.0 Å². The fourth-order valence-corrected chi connectivity index (χ4v) is 3.78. The number of nitrogens with two attached hydrogens (primary N) is 1. The second-order valence-electron chi connectivity index (χ2n) is 5.75. The molecule has 2 fully saturated rings. The molecule has 0 spiro atoms. The van der Waals surface area contributed by atoms with Gasteiger partial charge in [-0.15, -0.1) is 0 Å². The zero-order valence-electron chi connectivity index (χ0n) is 11.6. The Kier molecular flexibility index (Phi) is 3.73. The van der Waals surface area contributed by atoms with Crippen LogP contribution in [0.2, 0.25) is 0 Å². The zero-order valence-corrected chi connectivity index (χ0v) is 13.2. The number of rotatable bonds is 2. The van der Waals surface area contributed by atoms with Gasteiger partial charge in [-0.25, -0.2) is 0 Å². The van der Waals surface area contributed by atoms with Crippen LogP contribution in [0.1, 0.15) is 31.4 Å². The molecule has 2 aliphatic rings. The van der Waals surface area contributed by atoms with Crippen molar-refractivity contribution in [3.63, 3.8) is 0 Å². The number of nitrogens with one attached hydrogen (secondary N) is 1. The van der Waals surface area contributed by atoms with Crippen LogP contribution in [0.25, 0.3) is 0 Å². The van der Waals surface area contributed by atoms with Gasteiger partial charge in [-0.2, -0.15) is 0 Å². The van der Waals surface area contributed by atoms with Crippen molar-refractivity contribution >= 4 is 27.5 Å². The monoisotopic (exact) mass is 337 g/mol. The topological polar surface area (TPSA) is 58.4 Å². The van der Waals surface area contributed by atoms with E-state index in [1.165, 1.54) is 5.69 Å². The van der Waals surface area contributed by atoms with Crippen molar-refractivity contribution in [1.29, 1.82) is 0 Å². The maximum Gasteiger partial charge on any atom is 0.225 e. The molecule has 0 saturated carbocycles. The molecule has 20 heavy (non-hydrogen) atoms. The van der Waals surface area contributed by atoms with Gasteiger partial charge in [0.1, 0.15) is 0 Å². The number of amides is 1. The van der Waals surface area contributed by atoms with Gasteiger partial charge < -0.3 is 16.0 Å². The third-order valence-electron chi connectivity index (χ3n) is 4.39. The summed E-state index contributed by atoms with van der Waals surface area (Å²) in [4.78, 5) is 14.3. The van der Waals surface area contributed by atoms with E-state index in [1.54, 1.807) is 0 Å². The largest absolute Gasteiger partial charge is 0.366 e. The third kappa shape index (κ3) is 2.33. The van der Waals surface area contributed by atoms with Crippen molar-refractivity contribution in [2.24, 2.45) is 11.7 Å². The summed E-state index contributed by atoms with van der Waals surface area (Å²) in [6.45, 7) is 3.75. The van der Waals surface area contributed by atoms with Crippen molar-refractivity contribution in [2.45, 2.75) is 31.8 Å². The first-order chi connectivity index (χ1) is 9.58. The summed E-state index contributed by atoms with van der Waals surface area (Å²) in [7, 11) is 0. The number of nitrogens with zero attached hydrogens (tertiary/aromatic N) is 1.